The summed E-state index contributed by atoms with van der Waals surface area (Å²) < 4.78 is 13.8. The molecule has 0 radical (unpaired) electrons. The standard InChI is InChI=1S/C18H17Cl2FN2O2/c1-12(24)23(17-5-3-2-4-16(17)21)11-18(25)22-9-8-13-6-7-14(19)10-15(13)20/h2-7,10H,8-9,11H2,1H3,(H,22,25). The number of carbonyl (C=O) groups is 2. The normalized spacial score (nSPS) is 10.4. The van der Waals surface area contributed by atoms with Gasteiger partial charge >= 0.3 is 0 Å². The van der Waals surface area contributed by atoms with Gasteiger partial charge in [-0.15, -0.1) is 0 Å². The molecule has 0 aliphatic heterocycles. The number of benzene rings is 2. The largest absolute Gasteiger partial charge is 0.354 e. The number of hydrogen-bond acceptors (Lipinski definition) is 2. The van der Waals surface area contributed by atoms with E-state index in [1.54, 1.807) is 24.3 Å². The van der Waals surface area contributed by atoms with Crippen LogP contribution >= 0.6 is 23.2 Å². The van der Waals surface area contributed by atoms with Gasteiger partial charge in [-0.3, -0.25) is 9.59 Å². The summed E-state index contributed by atoms with van der Waals surface area (Å²) in [6, 6.07) is 11.0. The lowest BCUT2D eigenvalue weighted by molar-refractivity contribution is -0.123. The van der Waals surface area contributed by atoms with Crippen LogP contribution in [0.25, 0.3) is 0 Å². The second-order valence-electron chi connectivity index (χ2n) is 5.39. The van der Waals surface area contributed by atoms with Crippen molar-refractivity contribution in [2.45, 2.75) is 13.3 Å². The lowest BCUT2D eigenvalue weighted by Crippen LogP contribution is -2.40. The molecule has 0 saturated carbocycles. The van der Waals surface area contributed by atoms with Gasteiger partial charge in [0, 0.05) is 23.5 Å². The molecule has 2 aromatic rings. The van der Waals surface area contributed by atoms with Crippen LogP contribution in [-0.2, 0) is 16.0 Å². The fraction of sp³-hybridized carbons (Fsp3) is 0.222. The lowest BCUT2D eigenvalue weighted by atomic mass is 10.1. The van der Waals surface area contributed by atoms with Crippen LogP contribution in [0.15, 0.2) is 42.5 Å². The molecular formula is C18H17Cl2FN2O2. The van der Waals surface area contributed by atoms with Gasteiger partial charge in [0.2, 0.25) is 11.8 Å². The van der Waals surface area contributed by atoms with E-state index in [0.29, 0.717) is 23.0 Å². The van der Waals surface area contributed by atoms with E-state index >= 15 is 0 Å². The number of anilines is 1. The van der Waals surface area contributed by atoms with Crippen molar-refractivity contribution in [3.05, 3.63) is 63.9 Å². The van der Waals surface area contributed by atoms with E-state index in [2.05, 4.69) is 5.32 Å². The van der Waals surface area contributed by atoms with Crippen molar-refractivity contribution in [1.29, 1.82) is 0 Å². The predicted molar refractivity (Wildman–Crippen MR) is 97.6 cm³/mol. The highest BCUT2D eigenvalue weighted by Crippen LogP contribution is 2.21. The Bertz CT molecular complexity index is 783. The molecule has 25 heavy (non-hydrogen) atoms. The van der Waals surface area contributed by atoms with Crippen LogP contribution in [0.2, 0.25) is 10.0 Å². The summed E-state index contributed by atoms with van der Waals surface area (Å²) in [6.45, 7) is 1.36. The van der Waals surface area contributed by atoms with Crippen molar-refractivity contribution < 1.29 is 14.0 Å². The van der Waals surface area contributed by atoms with Crippen molar-refractivity contribution in [3.63, 3.8) is 0 Å². The zero-order valence-corrected chi connectivity index (χ0v) is 15.1. The summed E-state index contributed by atoms with van der Waals surface area (Å²) in [4.78, 5) is 24.9. The van der Waals surface area contributed by atoms with Crippen molar-refractivity contribution in [3.8, 4) is 0 Å². The molecule has 0 atom stereocenters. The molecule has 2 aromatic carbocycles. The van der Waals surface area contributed by atoms with E-state index in [1.807, 2.05) is 0 Å². The summed E-state index contributed by atoms with van der Waals surface area (Å²) in [5.74, 6) is -1.36. The monoisotopic (exact) mass is 382 g/mol. The Morgan fingerprint density at radius 2 is 1.88 bits per heavy atom. The first kappa shape index (κ1) is 19.2. The van der Waals surface area contributed by atoms with Crippen molar-refractivity contribution in [2.24, 2.45) is 0 Å². The second-order valence-corrected chi connectivity index (χ2v) is 6.24. The van der Waals surface area contributed by atoms with E-state index in [9.17, 15) is 14.0 Å². The molecule has 0 saturated heterocycles. The van der Waals surface area contributed by atoms with Crippen LogP contribution in [0.5, 0.6) is 0 Å². The smallest absolute Gasteiger partial charge is 0.240 e. The first-order valence-corrected chi connectivity index (χ1v) is 8.37. The summed E-state index contributed by atoms with van der Waals surface area (Å²) in [7, 11) is 0. The van der Waals surface area contributed by atoms with Gasteiger partial charge in [-0.25, -0.2) is 4.39 Å². The van der Waals surface area contributed by atoms with E-state index in [-0.39, 0.29) is 18.1 Å². The molecule has 0 aromatic heterocycles. The molecule has 0 heterocycles. The molecule has 0 aliphatic carbocycles. The van der Waals surface area contributed by atoms with Crippen LogP contribution in [0.4, 0.5) is 10.1 Å². The third-order valence-electron chi connectivity index (χ3n) is 3.56. The Morgan fingerprint density at radius 1 is 1.16 bits per heavy atom. The molecule has 0 fully saturated rings. The minimum atomic E-state index is -0.557. The van der Waals surface area contributed by atoms with Crippen LogP contribution in [0, 0.1) is 5.82 Å². The fourth-order valence-electron chi connectivity index (χ4n) is 2.30. The zero-order chi connectivity index (χ0) is 18.4. The molecule has 0 unspecified atom stereocenters. The Balaban J connectivity index is 1.94. The SMILES string of the molecule is CC(=O)N(CC(=O)NCCc1ccc(Cl)cc1Cl)c1ccccc1F. The highest BCUT2D eigenvalue weighted by atomic mass is 35.5. The van der Waals surface area contributed by atoms with Gasteiger partial charge in [0.05, 0.1) is 5.69 Å². The van der Waals surface area contributed by atoms with Gasteiger partial charge in [0.15, 0.2) is 0 Å². The maximum absolute atomic E-state index is 13.8. The Labute approximate surface area is 155 Å². The number of amides is 2. The minimum absolute atomic E-state index is 0.0749. The molecular weight excluding hydrogens is 366 g/mol. The van der Waals surface area contributed by atoms with Crippen LogP contribution in [0.3, 0.4) is 0 Å². The number of carbonyl (C=O) groups excluding carboxylic acids is 2. The van der Waals surface area contributed by atoms with Crippen molar-refractivity contribution in [1.82, 2.24) is 5.32 Å². The van der Waals surface area contributed by atoms with E-state index < -0.39 is 11.7 Å². The maximum atomic E-state index is 13.8. The molecule has 4 nitrogen and oxygen atoms in total. The summed E-state index contributed by atoms with van der Waals surface area (Å²) in [5, 5.41) is 3.77. The van der Waals surface area contributed by atoms with Crippen LogP contribution < -0.4 is 10.2 Å². The van der Waals surface area contributed by atoms with Gasteiger partial charge in [-0.2, -0.15) is 0 Å². The molecule has 1 N–H and O–H groups in total. The lowest BCUT2D eigenvalue weighted by Gasteiger charge is -2.21. The molecule has 0 aliphatic rings. The molecule has 2 rings (SSSR count). The first-order valence-electron chi connectivity index (χ1n) is 7.61. The van der Waals surface area contributed by atoms with Gasteiger partial charge < -0.3 is 10.2 Å². The van der Waals surface area contributed by atoms with Gasteiger partial charge in [-0.05, 0) is 36.2 Å². The second kappa shape index (κ2) is 8.83. The fourth-order valence-corrected chi connectivity index (χ4v) is 2.80. The Kier molecular flexibility index (Phi) is 6.79. The highest BCUT2D eigenvalue weighted by Gasteiger charge is 2.18. The number of para-hydroxylation sites is 1. The molecule has 132 valence electrons. The molecule has 0 bridgehead atoms. The number of hydrogen-bond donors (Lipinski definition) is 1. The minimum Gasteiger partial charge on any atom is -0.354 e. The van der Waals surface area contributed by atoms with E-state index in [1.165, 1.54) is 25.1 Å². The van der Waals surface area contributed by atoms with E-state index in [0.717, 1.165) is 10.5 Å². The summed E-state index contributed by atoms with van der Waals surface area (Å²) >= 11 is 11.9. The van der Waals surface area contributed by atoms with Gasteiger partial charge in [0.25, 0.3) is 0 Å². The third kappa shape index (κ3) is 5.44. The maximum Gasteiger partial charge on any atom is 0.240 e. The Hall–Kier alpha value is -2.11. The number of nitrogens with zero attached hydrogens (tertiary/aromatic N) is 1. The van der Waals surface area contributed by atoms with Crippen molar-refractivity contribution in [2.75, 3.05) is 18.0 Å². The number of halogens is 3. The Morgan fingerprint density at radius 3 is 2.52 bits per heavy atom. The zero-order valence-electron chi connectivity index (χ0n) is 13.6. The number of nitrogens with one attached hydrogen (secondary N) is 1. The van der Waals surface area contributed by atoms with E-state index in [4.69, 9.17) is 23.2 Å². The molecule has 0 spiro atoms. The van der Waals surface area contributed by atoms with Gasteiger partial charge in [-0.1, -0.05) is 41.4 Å². The van der Waals surface area contributed by atoms with Crippen LogP contribution in [-0.4, -0.2) is 24.9 Å². The topological polar surface area (TPSA) is 49.4 Å². The average Bonchev–Trinajstić information content (AvgIpc) is 2.55. The summed E-state index contributed by atoms with van der Waals surface area (Å²) in [6.07, 6.45) is 0.515. The summed E-state index contributed by atoms with van der Waals surface area (Å²) in [5.41, 5.74) is 0.926. The average molecular weight is 383 g/mol. The first-order chi connectivity index (χ1) is 11.9. The molecule has 7 heteroatoms. The predicted octanol–water partition coefficient (Wildman–Crippen LogP) is 3.84. The quantitative estimate of drug-likeness (QED) is 0.824. The number of rotatable bonds is 6. The molecule has 2 amide bonds. The van der Waals surface area contributed by atoms with Crippen LogP contribution in [0.1, 0.15) is 12.5 Å². The van der Waals surface area contributed by atoms with Crippen molar-refractivity contribution >= 4 is 40.7 Å². The third-order valence-corrected chi connectivity index (χ3v) is 4.14. The van der Waals surface area contributed by atoms with Gasteiger partial charge in [0.1, 0.15) is 12.4 Å². The highest BCUT2D eigenvalue weighted by molar-refractivity contribution is 6.35.